The van der Waals surface area contributed by atoms with Gasteiger partial charge in [0.2, 0.25) is 0 Å². The zero-order valence-corrected chi connectivity index (χ0v) is 19.9. The van der Waals surface area contributed by atoms with Gasteiger partial charge < -0.3 is 20.5 Å². The molecule has 0 fully saturated rings. The number of carbonyl (C=O) groups excluding carboxylic acids is 1. The zero-order chi connectivity index (χ0) is 25.7. The number of hydrogen-bond acceptors (Lipinski definition) is 5. The number of rotatable bonds is 9. The second-order valence-electron chi connectivity index (χ2n) is 8.37. The molecular weight excluding hydrogens is 492 g/mol. The summed E-state index contributed by atoms with van der Waals surface area (Å²) in [5, 5.41) is 14.3. The van der Waals surface area contributed by atoms with Gasteiger partial charge in [0.1, 0.15) is 29.2 Å². The standard InChI is InChI=1S/C26H24ClF2N3O4/c27-23-20(29)10-9-19(28)22(23)25(33)32-21(26(34)35)14-15-3-7-18(8-4-15)36-13-11-17-6-5-16-2-1-12-30-24(16)31-17/h3-10,21H,1-2,11-14H2,(H,30,31)(H,32,33)(H,34,35)/t21-/m0/s1. The minimum atomic E-state index is -1.38. The molecule has 0 saturated carbocycles. The van der Waals surface area contributed by atoms with Gasteiger partial charge in [0.15, 0.2) is 0 Å². The molecule has 1 aliphatic heterocycles. The lowest BCUT2D eigenvalue weighted by molar-refractivity contribution is -0.139. The van der Waals surface area contributed by atoms with Gasteiger partial charge in [-0.2, -0.15) is 0 Å². The number of carboxylic acids is 1. The van der Waals surface area contributed by atoms with Gasteiger partial charge in [-0.15, -0.1) is 0 Å². The number of aliphatic carboxylic acids is 1. The van der Waals surface area contributed by atoms with Crippen molar-refractivity contribution in [2.45, 2.75) is 31.7 Å². The van der Waals surface area contributed by atoms with E-state index < -0.39 is 40.1 Å². The Morgan fingerprint density at radius 2 is 1.86 bits per heavy atom. The highest BCUT2D eigenvalue weighted by Crippen LogP contribution is 2.23. The van der Waals surface area contributed by atoms with E-state index in [0.29, 0.717) is 24.3 Å². The Hall–Kier alpha value is -3.72. The third-order valence-corrected chi connectivity index (χ3v) is 6.19. The average Bonchev–Trinajstić information content (AvgIpc) is 2.87. The summed E-state index contributed by atoms with van der Waals surface area (Å²) >= 11 is 5.70. The number of ether oxygens (including phenoxy) is 1. The number of fused-ring (bicyclic) bond motifs is 1. The average molecular weight is 516 g/mol. The number of nitrogens with zero attached hydrogens (tertiary/aromatic N) is 1. The monoisotopic (exact) mass is 515 g/mol. The highest BCUT2D eigenvalue weighted by Gasteiger charge is 2.25. The third-order valence-electron chi connectivity index (χ3n) is 5.82. The Kier molecular flexibility index (Phi) is 8.00. The van der Waals surface area contributed by atoms with E-state index in [1.54, 1.807) is 24.3 Å². The maximum Gasteiger partial charge on any atom is 0.326 e. The molecular formula is C26H24ClF2N3O4. The molecule has 2 heterocycles. The number of carbonyl (C=O) groups is 2. The van der Waals surface area contributed by atoms with Gasteiger partial charge in [0.25, 0.3) is 5.91 Å². The lowest BCUT2D eigenvalue weighted by Crippen LogP contribution is -2.42. The van der Waals surface area contributed by atoms with Crippen molar-refractivity contribution >= 4 is 29.3 Å². The number of aromatic nitrogens is 1. The molecule has 7 nitrogen and oxygen atoms in total. The predicted octanol–water partition coefficient (Wildman–Crippen LogP) is 4.42. The van der Waals surface area contributed by atoms with Gasteiger partial charge >= 0.3 is 5.97 Å². The van der Waals surface area contributed by atoms with Gasteiger partial charge in [-0.05, 0) is 54.3 Å². The van der Waals surface area contributed by atoms with E-state index in [0.717, 1.165) is 43.0 Å². The number of anilines is 1. The van der Waals surface area contributed by atoms with Crippen LogP contribution in [0.3, 0.4) is 0 Å². The smallest absolute Gasteiger partial charge is 0.326 e. The molecule has 3 N–H and O–H groups in total. The summed E-state index contributed by atoms with van der Waals surface area (Å²) in [7, 11) is 0. The van der Waals surface area contributed by atoms with Gasteiger partial charge in [-0.3, -0.25) is 4.79 Å². The molecule has 10 heteroatoms. The van der Waals surface area contributed by atoms with Crippen molar-refractivity contribution in [3.8, 4) is 5.75 Å². The molecule has 0 bridgehead atoms. The summed E-state index contributed by atoms with van der Waals surface area (Å²) in [6, 6.07) is 11.0. The zero-order valence-electron chi connectivity index (χ0n) is 19.2. The van der Waals surface area contributed by atoms with Crippen LogP contribution in [-0.2, 0) is 24.1 Å². The molecule has 0 unspecified atom stereocenters. The number of nitrogens with one attached hydrogen (secondary N) is 2. The molecule has 36 heavy (non-hydrogen) atoms. The van der Waals surface area contributed by atoms with E-state index in [9.17, 15) is 23.5 Å². The van der Waals surface area contributed by atoms with E-state index in [4.69, 9.17) is 16.3 Å². The van der Waals surface area contributed by atoms with Crippen molar-refractivity contribution in [2.24, 2.45) is 0 Å². The Morgan fingerprint density at radius 1 is 1.11 bits per heavy atom. The van der Waals surface area contributed by atoms with Crippen molar-refractivity contribution in [1.29, 1.82) is 0 Å². The second-order valence-corrected chi connectivity index (χ2v) is 8.75. The van der Waals surface area contributed by atoms with Crippen molar-refractivity contribution in [2.75, 3.05) is 18.5 Å². The Labute approximate surface area is 211 Å². The topological polar surface area (TPSA) is 101 Å². The summed E-state index contributed by atoms with van der Waals surface area (Å²) in [6.45, 7) is 1.34. The number of carboxylic acid groups (broad SMARTS) is 1. The molecule has 3 aromatic rings. The van der Waals surface area contributed by atoms with Gasteiger partial charge in [0.05, 0.1) is 17.2 Å². The van der Waals surface area contributed by atoms with Gasteiger partial charge in [-0.1, -0.05) is 29.8 Å². The Morgan fingerprint density at radius 3 is 2.61 bits per heavy atom. The highest BCUT2D eigenvalue weighted by molar-refractivity contribution is 6.34. The molecule has 0 radical (unpaired) electrons. The Balaban J connectivity index is 1.33. The van der Waals surface area contributed by atoms with E-state index >= 15 is 0 Å². The summed E-state index contributed by atoms with van der Waals surface area (Å²) in [5.41, 5.74) is 2.01. The van der Waals surface area contributed by atoms with Crippen LogP contribution < -0.4 is 15.4 Å². The van der Waals surface area contributed by atoms with E-state index in [1.165, 1.54) is 5.56 Å². The molecule has 1 aliphatic rings. The first-order chi connectivity index (χ1) is 17.3. The van der Waals surface area contributed by atoms with Crippen LogP contribution in [0.1, 0.15) is 33.6 Å². The fourth-order valence-electron chi connectivity index (χ4n) is 3.90. The van der Waals surface area contributed by atoms with Crippen LogP contribution in [-0.4, -0.2) is 41.2 Å². The van der Waals surface area contributed by atoms with Crippen LogP contribution in [0.15, 0.2) is 48.5 Å². The van der Waals surface area contributed by atoms with Crippen LogP contribution in [0.5, 0.6) is 5.75 Å². The second kappa shape index (κ2) is 11.3. The van der Waals surface area contributed by atoms with Crippen LogP contribution in [0.2, 0.25) is 5.02 Å². The maximum atomic E-state index is 14.0. The molecule has 0 spiro atoms. The molecule has 188 valence electrons. The van der Waals surface area contributed by atoms with Crippen LogP contribution >= 0.6 is 11.6 Å². The molecule has 2 aromatic carbocycles. The first-order valence-electron chi connectivity index (χ1n) is 11.4. The number of aryl methyl sites for hydroxylation is 1. The lowest BCUT2D eigenvalue weighted by Gasteiger charge is -2.17. The van der Waals surface area contributed by atoms with Crippen molar-refractivity contribution in [3.63, 3.8) is 0 Å². The van der Waals surface area contributed by atoms with Crippen molar-refractivity contribution in [1.82, 2.24) is 10.3 Å². The normalized spacial score (nSPS) is 13.3. The number of benzene rings is 2. The fourth-order valence-corrected chi connectivity index (χ4v) is 4.14. The van der Waals surface area contributed by atoms with Gasteiger partial charge in [-0.25, -0.2) is 18.6 Å². The Bertz CT molecular complexity index is 1270. The minimum absolute atomic E-state index is 0.0814. The number of pyridine rings is 1. The SMILES string of the molecule is O=C(N[C@@H](Cc1ccc(OCCc2ccc3c(n2)NCCC3)cc1)C(=O)O)c1c(F)ccc(F)c1Cl. The predicted molar refractivity (Wildman–Crippen MR) is 131 cm³/mol. The maximum absolute atomic E-state index is 14.0. The van der Waals surface area contributed by atoms with Crippen molar-refractivity contribution in [3.05, 3.63) is 87.6 Å². The molecule has 1 atom stereocenters. The lowest BCUT2D eigenvalue weighted by atomic mass is 10.0. The van der Waals surface area contributed by atoms with Crippen LogP contribution in [0.4, 0.5) is 14.6 Å². The van der Waals surface area contributed by atoms with E-state index in [1.807, 2.05) is 6.07 Å². The molecule has 0 aliphatic carbocycles. The third kappa shape index (κ3) is 6.09. The van der Waals surface area contributed by atoms with E-state index in [2.05, 4.69) is 21.7 Å². The first kappa shape index (κ1) is 25.4. The number of amides is 1. The summed E-state index contributed by atoms with van der Waals surface area (Å²) in [4.78, 5) is 28.7. The quantitative estimate of drug-likeness (QED) is 0.365. The summed E-state index contributed by atoms with van der Waals surface area (Å²) in [5.74, 6) is -2.94. The molecule has 1 aromatic heterocycles. The first-order valence-corrected chi connectivity index (χ1v) is 11.8. The largest absolute Gasteiger partial charge is 0.493 e. The van der Waals surface area contributed by atoms with Crippen molar-refractivity contribution < 1.29 is 28.2 Å². The fraction of sp³-hybridized carbons (Fsp3) is 0.269. The van der Waals surface area contributed by atoms with Crippen LogP contribution in [0.25, 0.3) is 0 Å². The van der Waals surface area contributed by atoms with E-state index in [-0.39, 0.29) is 6.42 Å². The van der Waals surface area contributed by atoms with Gasteiger partial charge in [0, 0.05) is 25.1 Å². The highest BCUT2D eigenvalue weighted by atomic mass is 35.5. The molecule has 4 rings (SSSR count). The summed E-state index contributed by atoms with van der Waals surface area (Å²) < 4.78 is 33.4. The summed E-state index contributed by atoms with van der Waals surface area (Å²) in [6.07, 6.45) is 2.68. The number of hydrogen-bond donors (Lipinski definition) is 3. The minimum Gasteiger partial charge on any atom is -0.493 e. The van der Waals surface area contributed by atoms with Crippen LogP contribution in [0, 0.1) is 11.6 Å². The molecule has 0 saturated heterocycles. The molecule has 1 amide bonds. The number of halogens is 3.